The molecule has 0 spiro atoms. The summed E-state index contributed by atoms with van der Waals surface area (Å²) in [5.41, 5.74) is 0.876. The van der Waals surface area contributed by atoms with Crippen molar-refractivity contribution >= 4 is 11.8 Å². The maximum absolute atomic E-state index is 9.46. The molecule has 0 saturated heterocycles. The highest BCUT2D eigenvalue weighted by Crippen LogP contribution is 2.26. The Labute approximate surface area is 98.3 Å². The molecule has 0 saturated carbocycles. The molecule has 2 rings (SSSR count). The Hall–Kier alpha value is -1.33. The molecule has 0 aliphatic carbocycles. The van der Waals surface area contributed by atoms with Gasteiger partial charge in [-0.05, 0) is 24.6 Å². The minimum Gasteiger partial charge on any atom is -0.389 e. The molecule has 2 aromatic rings. The summed E-state index contributed by atoms with van der Waals surface area (Å²) in [6, 6.07) is 3.71. The molecule has 0 aromatic carbocycles. The normalized spacial score (nSPS) is 12.7. The zero-order valence-electron chi connectivity index (χ0n) is 9.16. The van der Waals surface area contributed by atoms with Crippen molar-refractivity contribution in [2.24, 2.45) is 7.05 Å². The number of aliphatic hydroxyl groups is 1. The van der Waals surface area contributed by atoms with Crippen LogP contribution in [0.25, 0.3) is 0 Å². The minimum atomic E-state index is -0.462. The maximum Gasteiger partial charge on any atom is 0.101 e. The first-order chi connectivity index (χ1) is 7.65. The predicted octanol–water partition coefficient (Wildman–Crippen LogP) is 2.02. The lowest BCUT2D eigenvalue weighted by Gasteiger charge is -2.05. The van der Waals surface area contributed by atoms with Gasteiger partial charge in [0.2, 0.25) is 0 Å². The van der Waals surface area contributed by atoms with Gasteiger partial charge < -0.3 is 5.11 Å². The van der Waals surface area contributed by atoms with Gasteiger partial charge in [-0.2, -0.15) is 5.10 Å². The smallest absolute Gasteiger partial charge is 0.101 e. The number of rotatable bonds is 3. The second kappa shape index (κ2) is 4.67. The van der Waals surface area contributed by atoms with Gasteiger partial charge >= 0.3 is 0 Å². The number of hydrogen-bond donors (Lipinski definition) is 1. The number of aryl methyl sites for hydroxylation is 1. The van der Waals surface area contributed by atoms with E-state index in [2.05, 4.69) is 10.1 Å². The fourth-order valence-electron chi connectivity index (χ4n) is 1.31. The van der Waals surface area contributed by atoms with Gasteiger partial charge in [0, 0.05) is 19.4 Å². The number of aromatic nitrogens is 3. The Morgan fingerprint density at radius 3 is 2.94 bits per heavy atom. The van der Waals surface area contributed by atoms with Crippen LogP contribution in [0.4, 0.5) is 0 Å². The lowest BCUT2D eigenvalue weighted by atomic mass is 10.2. The molecule has 0 fully saturated rings. The quantitative estimate of drug-likeness (QED) is 0.884. The van der Waals surface area contributed by atoms with Crippen LogP contribution < -0.4 is 0 Å². The predicted molar refractivity (Wildman–Crippen MR) is 62.2 cm³/mol. The summed E-state index contributed by atoms with van der Waals surface area (Å²) in [4.78, 5) is 5.28. The van der Waals surface area contributed by atoms with E-state index in [4.69, 9.17) is 0 Å². The molecule has 1 N–H and O–H groups in total. The van der Waals surface area contributed by atoms with Gasteiger partial charge in [0.25, 0.3) is 0 Å². The number of pyridine rings is 1. The van der Waals surface area contributed by atoms with Crippen molar-refractivity contribution in [3.05, 3.63) is 36.3 Å². The molecule has 5 heteroatoms. The molecule has 2 heterocycles. The van der Waals surface area contributed by atoms with Crippen molar-refractivity contribution in [1.82, 2.24) is 14.8 Å². The van der Waals surface area contributed by atoms with E-state index in [0.29, 0.717) is 0 Å². The molecule has 2 aromatic heterocycles. The summed E-state index contributed by atoms with van der Waals surface area (Å²) in [6.07, 6.45) is 4.97. The van der Waals surface area contributed by atoms with Crippen LogP contribution in [0.1, 0.15) is 18.6 Å². The van der Waals surface area contributed by atoms with Crippen molar-refractivity contribution in [2.75, 3.05) is 0 Å². The number of aliphatic hydroxyl groups excluding tert-OH is 1. The average Bonchev–Trinajstić information content (AvgIpc) is 2.64. The summed E-state index contributed by atoms with van der Waals surface area (Å²) in [7, 11) is 1.88. The third-order valence-electron chi connectivity index (χ3n) is 2.14. The highest BCUT2D eigenvalue weighted by atomic mass is 32.2. The number of hydrogen-bond acceptors (Lipinski definition) is 4. The fourth-order valence-corrected chi connectivity index (χ4v) is 2.17. The summed E-state index contributed by atoms with van der Waals surface area (Å²) >= 11 is 1.53. The van der Waals surface area contributed by atoms with Crippen LogP contribution >= 0.6 is 11.8 Å². The van der Waals surface area contributed by atoms with E-state index in [1.807, 2.05) is 25.4 Å². The van der Waals surface area contributed by atoms with Crippen LogP contribution in [-0.2, 0) is 7.05 Å². The average molecular weight is 235 g/mol. The number of nitrogens with zero attached hydrogens (tertiary/aromatic N) is 3. The zero-order valence-corrected chi connectivity index (χ0v) is 9.98. The largest absolute Gasteiger partial charge is 0.389 e. The van der Waals surface area contributed by atoms with Gasteiger partial charge in [0.15, 0.2) is 0 Å². The topological polar surface area (TPSA) is 50.9 Å². The van der Waals surface area contributed by atoms with Gasteiger partial charge in [-0.25, -0.2) is 4.98 Å². The molecule has 84 valence electrons. The van der Waals surface area contributed by atoms with Gasteiger partial charge in [0.1, 0.15) is 5.03 Å². The first-order valence-electron chi connectivity index (χ1n) is 4.95. The van der Waals surface area contributed by atoms with Crippen molar-refractivity contribution in [1.29, 1.82) is 0 Å². The summed E-state index contributed by atoms with van der Waals surface area (Å²) in [6.45, 7) is 1.74. The Morgan fingerprint density at radius 2 is 2.31 bits per heavy atom. The highest BCUT2D eigenvalue weighted by Gasteiger charge is 2.05. The second-order valence-electron chi connectivity index (χ2n) is 3.56. The van der Waals surface area contributed by atoms with Crippen molar-refractivity contribution in [2.45, 2.75) is 22.9 Å². The van der Waals surface area contributed by atoms with Crippen LogP contribution in [0, 0.1) is 0 Å². The fraction of sp³-hybridized carbons (Fsp3) is 0.273. The van der Waals surface area contributed by atoms with E-state index in [1.54, 1.807) is 24.0 Å². The molecule has 4 nitrogen and oxygen atoms in total. The van der Waals surface area contributed by atoms with Gasteiger partial charge in [-0.1, -0.05) is 11.8 Å². The van der Waals surface area contributed by atoms with E-state index in [-0.39, 0.29) is 0 Å². The maximum atomic E-state index is 9.46. The molecule has 0 amide bonds. The molecule has 1 unspecified atom stereocenters. The standard InChI is InChI=1S/C11H13N3OS/c1-8(15)9-3-4-12-11(5-9)16-10-6-13-14(2)7-10/h3-8,15H,1-2H3. The van der Waals surface area contributed by atoms with E-state index in [0.717, 1.165) is 15.5 Å². The lowest BCUT2D eigenvalue weighted by Crippen LogP contribution is -1.91. The third-order valence-corrected chi connectivity index (χ3v) is 3.02. The SMILES string of the molecule is CC(O)c1ccnc(Sc2cnn(C)c2)c1. The molecule has 0 aliphatic rings. The summed E-state index contributed by atoms with van der Waals surface area (Å²) in [5.74, 6) is 0. The minimum absolute atomic E-state index is 0.462. The Kier molecular flexibility index (Phi) is 3.26. The highest BCUT2D eigenvalue weighted by molar-refractivity contribution is 7.99. The molecular formula is C11H13N3OS. The van der Waals surface area contributed by atoms with Crippen LogP contribution in [0.3, 0.4) is 0 Å². The van der Waals surface area contributed by atoms with Gasteiger partial charge in [-0.15, -0.1) is 0 Å². The Bertz CT molecular complexity index is 482. The molecule has 0 aliphatic heterocycles. The van der Waals surface area contributed by atoms with E-state index < -0.39 is 6.10 Å². The summed E-state index contributed by atoms with van der Waals surface area (Å²) in [5, 5.41) is 14.4. The molecule has 0 radical (unpaired) electrons. The zero-order chi connectivity index (χ0) is 11.5. The van der Waals surface area contributed by atoms with Crippen LogP contribution in [-0.4, -0.2) is 19.9 Å². The first-order valence-corrected chi connectivity index (χ1v) is 5.77. The third kappa shape index (κ3) is 2.62. The Balaban J connectivity index is 2.18. The van der Waals surface area contributed by atoms with Crippen LogP contribution in [0.15, 0.2) is 40.6 Å². The van der Waals surface area contributed by atoms with E-state index >= 15 is 0 Å². The molecule has 0 bridgehead atoms. The Morgan fingerprint density at radius 1 is 1.50 bits per heavy atom. The first kappa shape index (κ1) is 11.2. The summed E-state index contributed by atoms with van der Waals surface area (Å²) < 4.78 is 1.75. The molecule has 1 atom stereocenters. The van der Waals surface area contributed by atoms with E-state index in [9.17, 15) is 5.11 Å². The van der Waals surface area contributed by atoms with Crippen molar-refractivity contribution < 1.29 is 5.11 Å². The van der Waals surface area contributed by atoms with Gasteiger partial charge in [0.05, 0.1) is 17.2 Å². The van der Waals surface area contributed by atoms with Crippen molar-refractivity contribution in [3.63, 3.8) is 0 Å². The van der Waals surface area contributed by atoms with Gasteiger partial charge in [-0.3, -0.25) is 4.68 Å². The molecule has 16 heavy (non-hydrogen) atoms. The van der Waals surface area contributed by atoms with Crippen LogP contribution in [0.5, 0.6) is 0 Å². The second-order valence-corrected chi connectivity index (χ2v) is 4.65. The monoisotopic (exact) mass is 235 g/mol. The van der Waals surface area contributed by atoms with Crippen LogP contribution in [0.2, 0.25) is 0 Å². The molecular weight excluding hydrogens is 222 g/mol. The lowest BCUT2D eigenvalue weighted by molar-refractivity contribution is 0.199. The van der Waals surface area contributed by atoms with E-state index in [1.165, 1.54) is 11.8 Å². The van der Waals surface area contributed by atoms with Crippen molar-refractivity contribution in [3.8, 4) is 0 Å².